The number of carboxylic acids is 1. The number of aliphatic hydroxyl groups is 1. The minimum atomic E-state index is -1.66. The predicted octanol–water partition coefficient (Wildman–Crippen LogP) is 0.0753. The molecule has 1 heterocycles. The second kappa shape index (κ2) is 4.31. The van der Waals surface area contributed by atoms with E-state index in [1.165, 1.54) is 6.92 Å². The van der Waals surface area contributed by atoms with Crippen LogP contribution >= 0.6 is 0 Å². The Bertz CT molecular complexity index is 279. The summed E-state index contributed by atoms with van der Waals surface area (Å²) >= 11 is 0. The van der Waals surface area contributed by atoms with Crippen molar-refractivity contribution in [3.63, 3.8) is 0 Å². The van der Waals surface area contributed by atoms with Gasteiger partial charge in [-0.3, -0.25) is 4.90 Å². The average molecular weight is 229 g/mol. The van der Waals surface area contributed by atoms with Gasteiger partial charge in [-0.05, 0) is 26.2 Å². The van der Waals surface area contributed by atoms with Gasteiger partial charge in [-0.1, -0.05) is 0 Å². The van der Waals surface area contributed by atoms with Crippen LogP contribution in [0.3, 0.4) is 0 Å². The minimum absolute atomic E-state index is 0.187. The van der Waals surface area contributed by atoms with Gasteiger partial charge in [0, 0.05) is 19.1 Å². The van der Waals surface area contributed by atoms with Crippen LogP contribution in [0.15, 0.2) is 0 Å². The Morgan fingerprint density at radius 1 is 1.56 bits per heavy atom. The molecule has 3 atom stereocenters. The van der Waals surface area contributed by atoms with Crippen LogP contribution in [0.5, 0.6) is 0 Å². The molecule has 2 aliphatic rings. The molecule has 92 valence electrons. The van der Waals surface area contributed by atoms with Gasteiger partial charge in [0.15, 0.2) is 5.60 Å². The highest BCUT2D eigenvalue weighted by molar-refractivity contribution is 5.76. The van der Waals surface area contributed by atoms with E-state index in [1.54, 1.807) is 0 Å². The third-order valence-electron chi connectivity index (χ3n) is 3.57. The largest absolute Gasteiger partial charge is 0.479 e. The van der Waals surface area contributed by atoms with E-state index in [2.05, 4.69) is 4.90 Å². The molecule has 0 amide bonds. The molecular weight excluding hydrogens is 210 g/mol. The highest BCUT2D eigenvalue weighted by atomic mass is 16.5. The van der Waals surface area contributed by atoms with Crippen molar-refractivity contribution in [3.05, 3.63) is 0 Å². The number of hydrogen-bond acceptors (Lipinski definition) is 4. The van der Waals surface area contributed by atoms with Crippen LogP contribution in [0.25, 0.3) is 0 Å². The summed E-state index contributed by atoms with van der Waals surface area (Å²) < 4.78 is 5.64. The number of fused-ring (bicyclic) bond motifs is 1. The zero-order valence-electron chi connectivity index (χ0n) is 9.56. The molecule has 2 N–H and O–H groups in total. The number of morpholine rings is 1. The first kappa shape index (κ1) is 11.8. The van der Waals surface area contributed by atoms with Crippen molar-refractivity contribution in [2.24, 2.45) is 0 Å². The first-order valence-corrected chi connectivity index (χ1v) is 5.82. The van der Waals surface area contributed by atoms with Gasteiger partial charge in [0.05, 0.1) is 12.7 Å². The van der Waals surface area contributed by atoms with Crippen molar-refractivity contribution < 1.29 is 19.7 Å². The second-order valence-electron chi connectivity index (χ2n) is 4.96. The van der Waals surface area contributed by atoms with Crippen LogP contribution in [0.1, 0.15) is 26.2 Å². The smallest absolute Gasteiger partial charge is 0.336 e. The molecule has 3 unspecified atom stereocenters. The molecule has 1 saturated heterocycles. The third kappa shape index (κ3) is 2.21. The van der Waals surface area contributed by atoms with Crippen LogP contribution < -0.4 is 0 Å². The predicted molar refractivity (Wildman–Crippen MR) is 57.2 cm³/mol. The van der Waals surface area contributed by atoms with Gasteiger partial charge < -0.3 is 14.9 Å². The lowest BCUT2D eigenvalue weighted by Crippen LogP contribution is -2.55. The summed E-state index contributed by atoms with van der Waals surface area (Å²) in [5.41, 5.74) is -1.66. The molecule has 2 fully saturated rings. The van der Waals surface area contributed by atoms with Crippen LogP contribution in [0.2, 0.25) is 0 Å². The number of aliphatic carboxylic acids is 1. The molecular formula is C11H19NO4. The quantitative estimate of drug-likeness (QED) is 0.717. The Kier molecular flexibility index (Phi) is 3.19. The third-order valence-corrected chi connectivity index (χ3v) is 3.57. The molecule has 16 heavy (non-hydrogen) atoms. The fraction of sp³-hybridized carbons (Fsp3) is 0.909. The maximum atomic E-state index is 10.9. The lowest BCUT2D eigenvalue weighted by Gasteiger charge is -2.40. The topological polar surface area (TPSA) is 70.0 Å². The standard InChI is InChI=1S/C11H19NO4/c1-11(15,10(13)14)7-12-5-6-16-9-4-2-3-8(9)12/h8-9,15H,2-7H2,1H3,(H,13,14). The van der Waals surface area contributed by atoms with Crippen molar-refractivity contribution in [1.82, 2.24) is 4.90 Å². The Balaban J connectivity index is 2.01. The van der Waals surface area contributed by atoms with Crippen molar-refractivity contribution in [3.8, 4) is 0 Å². The van der Waals surface area contributed by atoms with Gasteiger partial charge in [0.25, 0.3) is 0 Å². The summed E-state index contributed by atoms with van der Waals surface area (Å²) in [4.78, 5) is 12.9. The molecule has 2 rings (SSSR count). The van der Waals surface area contributed by atoms with E-state index in [0.717, 1.165) is 19.3 Å². The van der Waals surface area contributed by atoms with E-state index < -0.39 is 11.6 Å². The maximum absolute atomic E-state index is 10.9. The molecule has 0 spiro atoms. The number of β-amino-alcohol motifs (C(OH)–C–C–N with tert-alkyl or cyclic N) is 1. The molecule has 0 aromatic heterocycles. The zero-order chi connectivity index (χ0) is 11.8. The summed E-state index contributed by atoms with van der Waals surface area (Å²) in [6.45, 7) is 2.89. The molecule has 0 aromatic carbocycles. The fourth-order valence-electron chi connectivity index (χ4n) is 2.67. The zero-order valence-corrected chi connectivity index (χ0v) is 9.56. The van der Waals surface area contributed by atoms with Crippen LogP contribution in [-0.2, 0) is 9.53 Å². The summed E-state index contributed by atoms with van der Waals surface area (Å²) in [6, 6.07) is 0.291. The average Bonchev–Trinajstić information content (AvgIpc) is 2.65. The molecule has 0 bridgehead atoms. The van der Waals surface area contributed by atoms with Crippen LogP contribution in [-0.4, -0.2) is 58.5 Å². The first-order valence-electron chi connectivity index (χ1n) is 5.82. The number of hydrogen-bond donors (Lipinski definition) is 2. The Morgan fingerprint density at radius 3 is 3.00 bits per heavy atom. The SMILES string of the molecule is CC(O)(CN1CCOC2CCCC21)C(=O)O. The second-order valence-corrected chi connectivity index (χ2v) is 4.96. The maximum Gasteiger partial charge on any atom is 0.336 e. The van der Waals surface area contributed by atoms with Gasteiger partial charge in [0.1, 0.15) is 0 Å². The monoisotopic (exact) mass is 229 g/mol. The van der Waals surface area contributed by atoms with Gasteiger partial charge in [-0.15, -0.1) is 0 Å². The molecule has 1 aliphatic heterocycles. The Labute approximate surface area is 95.0 Å². The van der Waals surface area contributed by atoms with Crippen LogP contribution in [0.4, 0.5) is 0 Å². The summed E-state index contributed by atoms with van der Waals surface area (Å²) in [6.07, 6.45) is 3.45. The van der Waals surface area contributed by atoms with Crippen molar-refractivity contribution in [2.75, 3.05) is 19.7 Å². The van der Waals surface area contributed by atoms with Gasteiger partial charge in [0.2, 0.25) is 0 Å². The first-order chi connectivity index (χ1) is 7.50. The van der Waals surface area contributed by atoms with Gasteiger partial charge >= 0.3 is 5.97 Å². The number of carbonyl (C=O) groups is 1. The molecule has 5 nitrogen and oxygen atoms in total. The van der Waals surface area contributed by atoms with Crippen molar-refractivity contribution in [1.29, 1.82) is 0 Å². The van der Waals surface area contributed by atoms with Gasteiger partial charge in [-0.25, -0.2) is 4.79 Å². The van der Waals surface area contributed by atoms with E-state index in [1.807, 2.05) is 0 Å². The van der Waals surface area contributed by atoms with Gasteiger partial charge in [-0.2, -0.15) is 0 Å². The molecule has 1 aliphatic carbocycles. The Morgan fingerprint density at radius 2 is 2.31 bits per heavy atom. The summed E-state index contributed by atoms with van der Waals surface area (Å²) in [5.74, 6) is -1.16. The number of carboxylic acid groups (broad SMARTS) is 1. The molecule has 0 aromatic rings. The molecule has 0 radical (unpaired) electrons. The lowest BCUT2D eigenvalue weighted by molar-refractivity contribution is -0.162. The highest BCUT2D eigenvalue weighted by Crippen LogP contribution is 2.30. The van der Waals surface area contributed by atoms with E-state index >= 15 is 0 Å². The molecule has 5 heteroatoms. The summed E-state index contributed by atoms with van der Waals surface area (Å²) in [5, 5.41) is 18.7. The molecule has 1 saturated carbocycles. The normalized spacial score (nSPS) is 34.4. The highest BCUT2D eigenvalue weighted by Gasteiger charge is 2.41. The van der Waals surface area contributed by atoms with E-state index in [0.29, 0.717) is 19.2 Å². The van der Waals surface area contributed by atoms with Crippen LogP contribution in [0, 0.1) is 0 Å². The number of rotatable bonds is 3. The van der Waals surface area contributed by atoms with Crippen molar-refractivity contribution in [2.45, 2.75) is 43.9 Å². The minimum Gasteiger partial charge on any atom is -0.479 e. The van der Waals surface area contributed by atoms with E-state index in [-0.39, 0.29) is 12.6 Å². The lowest BCUT2D eigenvalue weighted by atomic mass is 10.0. The van der Waals surface area contributed by atoms with E-state index in [4.69, 9.17) is 9.84 Å². The number of nitrogens with zero attached hydrogens (tertiary/aromatic N) is 1. The fourth-order valence-corrected chi connectivity index (χ4v) is 2.67. The summed E-state index contributed by atoms with van der Waals surface area (Å²) in [7, 11) is 0. The van der Waals surface area contributed by atoms with E-state index in [9.17, 15) is 9.90 Å². The number of ether oxygens (including phenoxy) is 1. The Hall–Kier alpha value is -0.650. The van der Waals surface area contributed by atoms with Crippen molar-refractivity contribution >= 4 is 5.97 Å².